The van der Waals surface area contributed by atoms with Crippen molar-refractivity contribution in [2.75, 3.05) is 13.2 Å². The Morgan fingerprint density at radius 1 is 1.17 bits per heavy atom. The van der Waals surface area contributed by atoms with E-state index in [1.54, 1.807) is 0 Å². The smallest absolute Gasteiger partial charge is 0.505 e. The number of hydrogen-bond donors (Lipinski definition) is 1. The fourth-order valence-corrected chi connectivity index (χ4v) is 0.519. The number of ether oxygens (including phenoxy) is 2. The molecule has 0 unspecified atom stereocenters. The highest BCUT2D eigenvalue weighted by atomic mass is 16.7. The maximum Gasteiger partial charge on any atom is 0.505 e. The maximum absolute atomic E-state index is 9.78. The lowest BCUT2D eigenvalue weighted by molar-refractivity contribution is -0.282. The number of unbranched alkanes of at least 4 members (excludes halogenated alkanes) is 1. The van der Waals surface area contributed by atoms with Gasteiger partial charge >= 0.3 is 6.16 Å². The van der Waals surface area contributed by atoms with Crippen molar-refractivity contribution in [3.05, 3.63) is 0 Å². The third-order valence-corrected chi connectivity index (χ3v) is 0.984. The third kappa shape index (κ3) is 8.54. The molecule has 0 heterocycles. The van der Waals surface area contributed by atoms with Crippen LogP contribution >= 0.6 is 0 Å². The molecule has 0 aromatic heterocycles. The second-order valence-electron chi connectivity index (χ2n) is 1.92. The highest BCUT2D eigenvalue weighted by Gasteiger charge is 1.94. The molecule has 0 amide bonds. The molecular weight excluding hydrogens is 168 g/mol. The number of hydrogen-bond acceptors (Lipinski definition) is 5. The second-order valence-corrected chi connectivity index (χ2v) is 1.92. The number of rotatable bonds is 5. The van der Waals surface area contributed by atoms with Crippen molar-refractivity contribution in [3.63, 3.8) is 0 Å². The van der Waals surface area contributed by atoms with Gasteiger partial charge < -0.3 is 24.5 Å². The zero-order chi connectivity index (χ0) is 9.40. The SMILES string of the molecule is O=C([O-])OCCCCOC(=O)O. The largest absolute Gasteiger partial charge is 0.550 e. The van der Waals surface area contributed by atoms with Gasteiger partial charge in [0.15, 0.2) is 0 Å². The lowest BCUT2D eigenvalue weighted by Gasteiger charge is -2.06. The van der Waals surface area contributed by atoms with Gasteiger partial charge in [0, 0.05) is 6.61 Å². The van der Waals surface area contributed by atoms with E-state index in [0.29, 0.717) is 12.8 Å². The van der Waals surface area contributed by atoms with Crippen molar-refractivity contribution >= 4 is 12.3 Å². The van der Waals surface area contributed by atoms with Crippen LogP contribution in [-0.2, 0) is 9.47 Å². The summed E-state index contributed by atoms with van der Waals surface area (Å²) in [6, 6.07) is 0. The molecule has 6 heteroatoms. The minimum atomic E-state index is -1.57. The van der Waals surface area contributed by atoms with E-state index in [-0.39, 0.29) is 13.2 Å². The van der Waals surface area contributed by atoms with Crippen molar-refractivity contribution in [2.24, 2.45) is 0 Å². The molecule has 0 radical (unpaired) electrons. The van der Waals surface area contributed by atoms with E-state index in [2.05, 4.69) is 9.47 Å². The van der Waals surface area contributed by atoms with Crippen LogP contribution in [0, 0.1) is 0 Å². The first-order valence-electron chi connectivity index (χ1n) is 3.32. The molecule has 0 fully saturated rings. The molecule has 0 aliphatic rings. The first-order valence-corrected chi connectivity index (χ1v) is 3.32. The van der Waals surface area contributed by atoms with E-state index in [0.717, 1.165) is 0 Å². The summed E-state index contributed by atoms with van der Waals surface area (Å²) in [5.41, 5.74) is 0. The van der Waals surface area contributed by atoms with Gasteiger partial charge in [-0.25, -0.2) is 4.79 Å². The van der Waals surface area contributed by atoms with E-state index in [9.17, 15) is 14.7 Å². The van der Waals surface area contributed by atoms with Gasteiger partial charge in [0.25, 0.3) is 6.16 Å². The number of carbonyl (C=O) groups is 2. The zero-order valence-electron chi connectivity index (χ0n) is 6.32. The Kier molecular flexibility index (Phi) is 5.50. The molecule has 0 aliphatic heterocycles. The molecule has 6 nitrogen and oxygen atoms in total. The van der Waals surface area contributed by atoms with Crippen LogP contribution in [0.1, 0.15) is 12.8 Å². The molecule has 0 spiro atoms. The van der Waals surface area contributed by atoms with Gasteiger partial charge in [0.1, 0.15) is 0 Å². The summed E-state index contributed by atoms with van der Waals surface area (Å²) in [7, 11) is 0. The Hall–Kier alpha value is -1.46. The average molecular weight is 177 g/mol. The van der Waals surface area contributed by atoms with Crippen LogP contribution in [0.5, 0.6) is 0 Å². The van der Waals surface area contributed by atoms with Crippen molar-refractivity contribution in [1.82, 2.24) is 0 Å². The Labute approximate surface area is 68.7 Å². The van der Waals surface area contributed by atoms with Crippen LogP contribution in [0.15, 0.2) is 0 Å². The quantitative estimate of drug-likeness (QED) is 0.462. The lowest BCUT2D eigenvalue weighted by atomic mass is 10.3. The molecule has 0 aromatic rings. The van der Waals surface area contributed by atoms with Crippen LogP contribution in [-0.4, -0.2) is 30.6 Å². The van der Waals surface area contributed by atoms with E-state index in [1.807, 2.05) is 0 Å². The summed E-state index contributed by atoms with van der Waals surface area (Å²) in [5, 5.41) is 17.7. The predicted octanol–water partition coefficient (Wildman–Crippen LogP) is -0.179. The fourth-order valence-electron chi connectivity index (χ4n) is 0.519. The summed E-state index contributed by atoms with van der Waals surface area (Å²) in [4.78, 5) is 19.5. The van der Waals surface area contributed by atoms with Gasteiger partial charge in [0.2, 0.25) is 0 Å². The summed E-state index contributed by atoms with van der Waals surface area (Å²) >= 11 is 0. The van der Waals surface area contributed by atoms with Gasteiger partial charge in [-0.05, 0) is 12.8 Å². The fraction of sp³-hybridized carbons (Fsp3) is 0.667. The predicted molar refractivity (Wildman–Crippen MR) is 34.6 cm³/mol. The number of carboxylic acid groups (broad SMARTS) is 2. The topological polar surface area (TPSA) is 95.9 Å². The molecule has 12 heavy (non-hydrogen) atoms. The molecule has 0 saturated carbocycles. The minimum Gasteiger partial charge on any atom is -0.550 e. The Morgan fingerprint density at radius 2 is 1.67 bits per heavy atom. The molecule has 0 aromatic carbocycles. The first kappa shape index (κ1) is 10.5. The van der Waals surface area contributed by atoms with Crippen molar-refractivity contribution in [2.45, 2.75) is 12.8 Å². The highest BCUT2D eigenvalue weighted by Crippen LogP contribution is 1.91. The Morgan fingerprint density at radius 3 is 2.08 bits per heavy atom. The monoisotopic (exact) mass is 177 g/mol. The summed E-state index contributed by atoms with van der Waals surface area (Å²) in [6.07, 6.45) is -2.06. The van der Waals surface area contributed by atoms with E-state index >= 15 is 0 Å². The lowest BCUT2D eigenvalue weighted by Crippen LogP contribution is -2.23. The summed E-state index contributed by atoms with van der Waals surface area (Å²) < 4.78 is 8.20. The molecule has 0 atom stereocenters. The van der Waals surface area contributed by atoms with Gasteiger partial charge in [-0.2, -0.15) is 0 Å². The Balaban J connectivity index is 3.01. The molecular formula is C6H9O6-. The van der Waals surface area contributed by atoms with Crippen LogP contribution < -0.4 is 5.11 Å². The molecule has 0 rings (SSSR count). The molecule has 0 aliphatic carbocycles. The normalized spacial score (nSPS) is 9.00. The highest BCUT2D eigenvalue weighted by molar-refractivity contribution is 5.56. The van der Waals surface area contributed by atoms with E-state index in [4.69, 9.17) is 5.11 Å². The summed E-state index contributed by atoms with van der Waals surface area (Å²) in [6.45, 7) is 0.0526. The maximum atomic E-state index is 9.78. The van der Waals surface area contributed by atoms with Gasteiger partial charge in [-0.3, -0.25) is 0 Å². The molecule has 70 valence electrons. The first-order chi connectivity index (χ1) is 5.63. The van der Waals surface area contributed by atoms with Crippen LogP contribution in [0.2, 0.25) is 0 Å². The van der Waals surface area contributed by atoms with Gasteiger partial charge in [0.05, 0.1) is 6.61 Å². The third-order valence-electron chi connectivity index (χ3n) is 0.984. The minimum absolute atomic E-state index is 0.00527. The van der Waals surface area contributed by atoms with Crippen molar-refractivity contribution in [1.29, 1.82) is 0 Å². The average Bonchev–Trinajstić information content (AvgIpc) is 1.95. The van der Waals surface area contributed by atoms with Crippen molar-refractivity contribution < 1.29 is 29.3 Å². The van der Waals surface area contributed by atoms with Crippen LogP contribution in [0.25, 0.3) is 0 Å². The van der Waals surface area contributed by atoms with Gasteiger partial charge in [-0.1, -0.05) is 0 Å². The second kappa shape index (κ2) is 6.26. The Bertz CT molecular complexity index is 136. The molecule has 0 bridgehead atoms. The van der Waals surface area contributed by atoms with E-state index in [1.165, 1.54) is 0 Å². The summed E-state index contributed by atoms with van der Waals surface area (Å²) in [5.74, 6) is 0. The zero-order valence-corrected chi connectivity index (χ0v) is 6.32. The van der Waals surface area contributed by atoms with Crippen LogP contribution in [0.3, 0.4) is 0 Å². The van der Waals surface area contributed by atoms with E-state index < -0.39 is 12.3 Å². The molecule has 1 N–H and O–H groups in total. The standard InChI is InChI=1S/C6H10O6/c7-5(8)11-3-1-2-4-12-6(9)10/h1-4H2,(H,7,8)(H,9,10)/p-1. The van der Waals surface area contributed by atoms with Gasteiger partial charge in [-0.15, -0.1) is 0 Å². The molecule has 0 saturated heterocycles. The number of carbonyl (C=O) groups excluding carboxylic acids is 1. The van der Waals surface area contributed by atoms with Crippen LogP contribution in [0.4, 0.5) is 9.59 Å². The van der Waals surface area contributed by atoms with Crippen molar-refractivity contribution in [3.8, 4) is 0 Å².